The molecule has 0 atom stereocenters. The number of thioether (sulfide) groups is 1. The average molecular weight is 227 g/mol. The molecule has 2 aromatic heterocycles. The number of nitrogen functional groups attached to an aromatic ring is 1. The molecule has 0 bridgehead atoms. The van der Waals surface area contributed by atoms with Gasteiger partial charge in [0.2, 0.25) is 5.13 Å². The van der Waals surface area contributed by atoms with Gasteiger partial charge in [-0.25, -0.2) is 0 Å². The lowest BCUT2D eigenvalue weighted by atomic mass is 10.7. The molecule has 0 amide bonds. The van der Waals surface area contributed by atoms with Crippen molar-refractivity contribution in [3.8, 4) is 0 Å². The van der Waals surface area contributed by atoms with Gasteiger partial charge in [-0.3, -0.25) is 4.68 Å². The second-order valence-electron chi connectivity index (χ2n) is 2.52. The summed E-state index contributed by atoms with van der Waals surface area (Å²) >= 11 is 3.06. The summed E-state index contributed by atoms with van der Waals surface area (Å²) in [5, 5.41) is 12.3. The maximum Gasteiger partial charge on any atom is 0.203 e. The highest BCUT2D eigenvalue weighted by atomic mass is 32.2. The van der Waals surface area contributed by atoms with E-state index >= 15 is 0 Å². The smallest absolute Gasteiger partial charge is 0.203 e. The number of hydrogen-bond donors (Lipinski definition) is 1. The van der Waals surface area contributed by atoms with Gasteiger partial charge in [-0.15, -0.1) is 10.2 Å². The van der Waals surface area contributed by atoms with Crippen LogP contribution in [0.1, 0.15) is 0 Å². The molecule has 0 fully saturated rings. The first-order valence-corrected chi connectivity index (χ1v) is 5.84. The van der Waals surface area contributed by atoms with E-state index < -0.39 is 0 Å². The van der Waals surface area contributed by atoms with E-state index in [0.29, 0.717) is 5.13 Å². The summed E-state index contributed by atoms with van der Waals surface area (Å²) in [4.78, 5) is 0. The summed E-state index contributed by atoms with van der Waals surface area (Å²) in [5.41, 5.74) is 5.46. The second kappa shape index (κ2) is 4.43. The van der Waals surface area contributed by atoms with E-state index in [4.69, 9.17) is 5.73 Å². The van der Waals surface area contributed by atoms with Crippen molar-refractivity contribution in [3.05, 3.63) is 18.5 Å². The minimum atomic E-state index is 0.520. The molecule has 0 aliphatic heterocycles. The van der Waals surface area contributed by atoms with Gasteiger partial charge in [0, 0.05) is 18.1 Å². The Morgan fingerprint density at radius 1 is 1.50 bits per heavy atom. The summed E-state index contributed by atoms with van der Waals surface area (Å²) < 4.78 is 2.80. The van der Waals surface area contributed by atoms with Crippen molar-refractivity contribution < 1.29 is 0 Å². The summed E-state index contributed by atoms with van der Waals surface area (Å²) in [7, 11) is 0. The molecule has 2 rings (SSSR count). The molecule has 0 radical (unpaired) electrons. The molecular formula is C7H9N5S2. The van der Waals surface area contributed by atoms with Crippen molar-refractivity contribution in [2.24, 2.45) is 0 Å². The molecule has 5 nitrogen and oxygen atoms in total. The number of nitrogens with two attached hydrogens (primary N) is 1. The van der Waals surface area contributed by atoms with Crippen molar-refractivity contribution >= 4 is 28.2 Å². The monoisotopic (exact) mass is 227 g/mol. The number of nitrogens with zero attached hydrogens (tertiary/aromatic N) is 4. The molecule has 74 valence electrons. The first-order chi connectivity index (χ1) is 6.84. The van der Waals surface area contributed by atoms with Gasteiger partial charge in [0.15, 0.2) is 4.34 Å². The normalized spacial score (nSPS) is 10.6. The van der Waals surface area contributed by atoms with Gasteiger partial charge < -0.3 is 5.73 Å². The molecule has 2 heterocycles. The van der Waals surface area contributed by atoms with Crippen molar-refractivity contribution in [2.45, 2.75) is 10.9 Å². The van der Waals surface area contributed by atoms with E-state index in [1.54, 1.807) is 18.0 Å². The van der Waals surface area contributed by atoms with Gasteiger partial charge in [-0.1, -0.05) is 23.1 Å². The molecule has 2 N–H and O–H groups in total. The van der Waals surface area contributed by atoms with Gasteiger partial charge in [0.25, 0.3) is 0 Å². The molecular weight excluding hydrogens is 218 g/mol. The number of anilines is 1. The van der Waals surface area contributed by atoms with Crippen LogP contribution < -0.4 is 5.73 Å². The van der Waals surface area contributed by atoms with E-state index in [-0.39, 0.29) is 0 Å². The van der Waals surface area contributed by atoms with E-state index in [0.717, 1.165) is 16.6 Å². The van der Waals surface area contributed by atoms with Gasteiger partial charge in [0.1, 0.15) is 0 Å². The molecule has 0 saturated heterocycles. The van der Waals surface area contributed by atoms with Crippen LogP contribution in [0.3, 0.4) is 0 Å². The summed E-state index contributed by atoms with van der Waals surface area (Å²) in [6.45, 7) is 0.872. The van der Waals surface area contributed by atoms with Crippen LogP contribution in [0.15, 0.2) is 22.8 Å². The van der Waals surface area contributed by atoms with Crippen molar-refractivity contribution in [1.82, 2.24) is 20.0 Å². The number of aryl methyl sites for hydroxylation is 1. The Morgan fingerprint density at radius 3 is 3.07 bits per heavy atom. The van der Waals surface area contributed by atoms with Crippen LogP contribution in [0.5, 0.6) is 0 Å². The van der Waals surface area contributed by atoms with Crippen LogP contribution >= 0.6 is 23.1 Å². The fourth-order valence-electron chi connectivity index (χ4n) is 0.938. The molecule has 2 aromatic rings. The Balaban J connectivity index is 1.78. The Morgan fingerprint density at radius 2 is 2.43 bits per heavy atom. The summed E-state index contributed by atoms with van der Waals surface area (Å²) in [6, 6.07) is 1.91. The highest BCUT2D eigenvalue weighted by molar-refractivity contribution is 8.01. The largest absolute Gasteiger partial charge is 0.374 e. The zero-order valence-electron chi connectivity index (χ0n) is 7.33. The SMILES string of the molecule is Nc1nnc(SCCn2cccn2)s1. The number of hydrogen-bond acceptors (Lipinski definition) is 6. The third-order valence-electron chi connectivity index (χ3n) is 1.53. The molecule has 14 heavy (non-hydrogen) atoms. The zero-order valence-corrected chi connectivity index (χ0v) is 8.96. The Kier molecular flexibility index (Phi) is 3.00. The highest BCUT2D eigenvalue weighted by Gasteiger charge is 2.01. The maximum absolute atomic E-state index is 5.46. The van der Waals surface area contributed by atoms with Crippen molar-refractivity contribution in [2.75, 3.05) is 11.5 Å². The first kappa shape index (κ1) is 9.47. The minimum Gasteiger partial charge on any atom is -0.374 e. The molecule has 0 unspecified atom stereocenters. The van der Waals surface area contributed by atoms with E-state index in [1.165, 1.54) is 11.3 Å². The van der Waals surface area contributed by atoms with E-state index in [1.807, 2.05) is 16.9 Å². The van der Waals surface area contributed by atoms with Gasteiger partial charge in [-0.05, 0) is 6.07 Å². The highest BCUT2D eigenvalue weighted by Crippen LogP contribution is 2.23. The van der Waals surface area contributed by atoms with Crippen LogP contribution in [-0.4, -0.2) is 25.7 Å². The fraction of sp³-hybridized carbons (Fsp3) is 0.286. The van der Waals surface area contributed by atoms with E-state index in [9.17, 15) is 0 Å². The predicted octanol–water partition coefficient (Wildman–Crippen LogP) is 1.11. The third-order valence-corrected chi connectivity index (χ3v) is 3.39. The number of aromatic nitrogens is 4. The Hall–Kier alpha value is -1.08. The topological polar surface area (TPSA) is 69.6 Å². The predicted molar refractivity (Wildman–Crippen MR) is 57.3 cm³/mol. The lowest BCUT2D eigenvalue weighted by molar-refractivity contribution is 0.666. The molecule has 0 aliphatic rings. The van der Waals surface area contributed by atoms with Gasteiger partial charge in [0.05, 0.1) is 6.54 Å². The molecule has 0 aliphatic carbocycles. The average Bonchev–Trinajstić information content (AvgIpc) is 2.77. The standard InChI is InChI=1S/C7H9N5S2/c8-6-10-11-7(14-6)13-5-4-12-3-1-2-9-12/h1-3H,4-5H2,(H2,8,10). The van der Waals surface area contributed by atoms with Crippen molar-refractivity contribution in [3.63, 3.8) is 0 Å². The van der Waals surface area contributed by atoms with Crippen LogP contribution in [0, 0.1) is 0 Å². The van der Waals surface area contributed by atoms with E-state index in [2.05, 4.69) is 15.3 Å². The molecule has 0 aromatic carbocycles. The lowest BCUT2D eigenvalue weighted by Gasteiger charge is -1.97. The minimum absolute atomic E-state index is 0.520. The third kappa shape index (κ3) is 2.46. The summed E-state index contributed by atoms with van der Waals surface area (Å²) in [5.74, 6) is 0.927. The van der Waals surface area contributed by atoms with Gasteiger partial charge in [-0.2, -0.15) is 5.10 Å². The van der Waals surface area contributed by atoms with Crippen LogP contribution in [0.4, 0.5) is 5.13 Å². The van der Waals surface area contributed by atoms with Crippen LogP contribution in [0.2, 0.25) is 0 Å². The van der Waals surface area contributed by atoms with Crippen LogP contribution in [0.25, 0.3) is 0 Å². The second-order valence-corrected chi connectivity index (χ2v) is 4.87. The Labute approximate surface area is 89.3 Å². The van der Waals surface area contributed by atoms with Crippen LogP contribution in [-0.2, 0) is 6.54 Å². The number of rotatable bonds is 4. The maximum atomic E-state index is 5.46. The molecule has 7 heteroatoms. The van der Waals surface area contributed by atoms with Gasteiger partial charge >= 0.3 is 0 Å². The Bertz CT molecular complexity index is 382. The molecule has 0 spiro atoms. The molecule has 0 saturated carbocycles. The first-order valence-electron chi connectivity index (χ1n) is 4.04. The quantitative estimate of drug-likeness (QED) is 0.792. The van der Waals surface area contributed by atoms with Crippen molar-refractivity contribution in [1.29, 1.82) is 0 Å². The summed E-state index contributed by atoms with van der Waals surface area (Å²) in [6.07, 6.45) is 3.71. The zero-order chi connectivity index (χ0) is 9.80. The lowest BCUT2D eigenvalue weighted by Crippen LogP contribution is -1.99. The fourth-order valence-corrected chi connectivity index (χ4v) is 2.57.